The minimum atomic E-state index is -2.54. The molecular formula is C25H29F2N5O2. The minimum absolute atomic E-state index is 0.0346. The Balaban J connectivity index is 1.72. The molecule has 1 aliphatic heterocycles. The SMILES string of the molecule is CC(=O)N1CCC(c2cc3c(NC(C)c4cccc(C(F)F)c4)nnc(C)c3n(C)c2=O)CC1. The number of piperidine rings is 1. The van der Waals surface area contributed by atoms with Crippen LogP contribution >= 0.6 is 0 Å². The largest absolute Gasteiger partial charge is 0.361 e. The highest BCUT2D eigenvalue weighted by Crippen LogP contribution is 2.32. The molecule has 1 fully saturated rings. The highest BCUT2D eigenvalue weighted by Gasteiger charge is 2.26. The number of nitrogens with zero attached hydrogens (tertiary/aromatic N) is 4. The van der Waals surface area contributed by atoms with E-state index in [4.69, 9.17) is 0 Å². The summed E-state index contributed by atoms with van der Waals surface area (Å²) in [7, 11) is 1.73. The number of likely N-dealkylation sites (tertiary alicyclic amines) is 1. The van der Waals surface area contributed by atoms with Gasteiger partial charge in [-0.05, 0) is 50.3 Å². The quantitative estimate of drug-likeness (QED) is 0.596. The molecule has 0 bridgehead atoms. The van der Waals surface area contributed by atoms with Gasteiger partial charge in [-0.2, -0.15) is 5.10 Å². The number of hydrogen-bond acceptors (Lipinski definition) is 5. The first-order chi connectivity index (χ1) is 16.2. The second kappa shape index (κ2) is 9.48. The van der Waals surface area contributed by atoms with E-state index in [0.29, 0.717) is 41.2 Å². The predicted molar refractivity (Wildman–Crippen MR) is 127 cm³/mol. The Morgan fingerprint density at radius 2 is 1.82 bits per heavy atom. The number of carbonyl (C=O) groups excluding carboxylic acids is 1. The molecule has 1 unspecified atom stereocenters. The van der Waals surface area contributed by atoms with Gasteiger partial charge in [0.2, 0.25) is 5.91 Å². The molecule has 7 nitrogen and oxygen atoms in total. The van der Waals surface area contributed by atoms with Gasteiger partial charge in [-0.15, -0.1) is 5.10 Å². The zero-order valence-electron chi connectivity index (χ0n) is 19.8. The van der Waals surface area contributed by atoms with Crippen LogP contribution in [0.4, 0.5) is 14.6 Å². The zero-order chi connectivity index (χ0) is 24.6. The smallest absolute Gasteiger partial charge is 0.263 e. The van der Waals surface area contributed by atoms with E-state index in [1.807, 2.05) is 13.0 Å². The number of aryl methyl sites for hydroxylation is 2. The number of halogens is 2. The average molecular weight is 470 g/mol. The zero-order valence-corrected chi connectivity index (χ0v) is 19.8. The fraction of sp³-hybridized carbons (Fsp3) is 0.440. The highest BCUT2D eigenvalue weighted by atomic mass is 19.3. The summed E-state index contributed by atoms with van der Waals surface area (Å²) in [5.74, 6) is 0.584. The number of alkyl halides is 2. The Kier molecular flexibility index (Phi) is 6.63. The van der Waals surface area contributed by atoms with Gasteiger partial charge in [-0.3, -0.25) is 9.59 Å². The summed E-state index contributed by atoms with van der Waals surface area (Å²) in [5, 5.41) is 12.6. The third-order valence-electron chi connectivity index (χ3n) is 6.74. The molecule has 2 aromatic heterocycles. The van der Waals surface area contributed by atoms with Crippen molar-refractivity contribution in [2.75, 3.05) is 18.4 Å². The minimum Gasteiger partial charge on any atom is -0.361 e. The molecule has 4 rings (SSSR count). The standard InChI is InChI=1S/C25H29F2N5O2/c1-14(18-6-5-7-19(12-18)23(26)27)28-24-21-13-20(17-8-10-32(11-9-17)16(3)33)25(34)31(4)22(21)15(2)29-30-24/h5-7,12-14,17,23H,8-11H2,1-4H3,(H,28,30). The van der Waals surface area contributed by atoms with Crippen molar-refractivity contribution in [3.8, 4) is 0 Å². The van der Waals surface area contributed by atoms with Gasteiger partial charge in [0.1, 0.15) is 0 Å². The van der Waals surface area contributed by atoms with E-state index < -0.39 is 6.43 Å². The van der Waals surface area contributed by atoms with Crippen LogP contribution in [0.3, 0.4) is 0 Å². The van der Waals surface area contributed by atoms with Crippen LogP contribution in [-0.4, -0.2) is 38.7 Å². The van der Waals surface area contributed by atoms with Crippen LogP contribution in [0.15, 0.2) is 35.1 Å². The van der Waals surface area contributed by atoms with Crippen molar-refractivity contribution >= 4 is 22.6 Å². The van der Waals surface area contributed by atoms with Crippen LogP contribution < -0.4 is 10.9 Å². The normalized spacial score (nSPS) is 15.7. The number of fused-ring (bicyclic) bond motifs is 1. The lowest BCUT2D eigenvalue weighted by molar-refractivity contribution is -0.129. The van der Waals surface area contributed by atoms with Gasteiger partial charge < -0.3 is 14.8 Å². The second-order valence-corrected chi connectivity index (χ2v) is 8.98. The molecule has 0 saturated carbocycles. The fourth-order valence-electron chi connectivity index (χ4n) is 4.76. The third-order valence-corrected chi connectivity index (χ3v) is 6.74. The second-order valence-electron chi connectivity index (χ2n) is 8.98. The number of pyridine rings is 1. The molecule has 1 amide bonds. The Hall–Kier alpha value is -3.36. The highest BCUT2D eigenvalue weighted by molar-refractivity contribution is 5.91. The van der Waals surface area contributed by atoms with Crippen molar-refractivity contribution in [3.63, 3.8) is 0 Å². The van der Waals surface area contributed by atoms with E-state index in [-0.39, 0.29) is 29.0 Å². The first-order valence-corrected chi connectivity index (χ1v) is 11.4. The van der Waals surface area contributed by atoms with Crippen molar-refractivity contribution in [1.29, 1.82) is 0 Å². The van der Waals surface area contributed by atoms with E-state index in [1.165, 1.54) is 12.1 Å². The van der Waals surface area contributed by atoms with Gasteiger partial charge >= 0.3 is 0 Å². The molecule has 180 valence electrons. The molecule has 1 aliphatic rings. The summed E-state index contributed by atoms with van der Waals surface area (Å²) in [4.78, 5) is 26.7. The van der Waals surface area contributed by atoms with E-state index in [0.717, 1.165) is 18.2 Å². The summed E-state index contributed by atoms with van der Waals surface area (Å²) in [6.07, 6.45) is -1.10. The number of hydrogen-bond donors (Lipinski definition) is 1. The van der Waals surface area contributed by atoms with Gasteiger partial charge in [-0.25, -0.2) is 8.78 Å². The maximum Gasteiger partial charge on any atom is 0.263 e. The van der Waals surface area contributed by atoms with E-state index >= 15 is 0 Å². The molecule has 1 atom stereocenters. The van der Waals surface area contributed by atoms with Gasteiger partial charge in [0, 0.05) is 43.6 Å². The maximum atomic E-state index is 13.2. The van der Waals surface area contributed by atoms with E-state index in [1.54, 1.807) is 42.5 Å². The molecule has 1 N–H and O–H groups in total. The van der Waals surface area contributed by atoms with Gasteiger partial charge in [0.25, 0.3) is 12.0 Å². The summed E-state index contributed by atoms with van der Waals surface area (Å²) >= 11 is 0. The van der Waals surface area contributed by atoms with Crippen molar-refractivity contribution in [3.05, 3.63) is 63.1 Å². The Morgan fingerprint density at radius 1 is 1.15 bits per heavy atom. The Bertz CT molecular complexity index is 1280. The number of aromatic nitrogens is 3. The molecule has 3 heterocycles. The topological polar surface area (TPSA) is 80.1 Å². The van der Waals surface area contributed by atoms with Crippen molar-refractivity contribution in [2.45, 2.75) is 52.0 Å². The van der Waals surface area contributed by atoms with Crippen molar-refractivity contribution < 1.29 is 13.6 Å². The number of nitrogens with one attached hydrogen (secondary N) is 1. The molecule has 3 aromatic rings. The maximum absolute atomic E-state index is 13.2. The van der Waals surface area contributed by atoms with Crippen LogP contribution in [0.5, 0.6) is 0 Å². The van der Waals surface area contributed by atoms with Gasteiger partial charge in [0.05, 0.1) is 17.3 Å². The monoisotopic (exact) mass is 469 g/mol. The van der Waals surface area contributed by atoms with Crippen LogP contribution in [0.1, 0.15) is 67.5 Å². The summed E-state index contributed by atoms with van der Waals surface area (Å²) in [6, 6.07) is 7.87. The summed E-state index contributed by atoms with van der Waals surface area (Å²) < 4.78 is 27.9. The molecular weight excluding hydrogens is 440 g/mol. The lowest BCUT2D eigenvalue weighted by atomic mass is 9.89. The Morgan fingerprint density at radius 3 is 2.47 bits per heavy atom. The van der Waals surface area contributed by atoms with E-state index in [9.17, 15) is 18.4 Å². The van der Waals surface area contributed by atoms with Crippen LogP contribution in [0.25, 0.3) is 10.9 Å². The molecule has 9 heteroatoms. The number of benzene rings is 1. The van der Waals surface area contributed by atoms with Crippen LogP contribution in [0.2, 0.25) is 0 Å². The molecule has 0 spiro atoms. The first kappa shape index (κ1) is 23.8. The predicted octanol–water partition coefficient (Wildman–Crippen LogP) is 4.47. The lowest BCUT2D eigenvalue weighted by Crippen LogP contribution is -2.38. The number of anilines is 1. The number of rotatable bonds is 5. The third kappa shape index (κ3) is 4.51. The van der Waals surface area contributed by atoms with Gasteiger partial charge in [-0.1, -0.05) is 18.2 Å². The van der Waals surface area contributed by atoms with Gasteiger partial charge in [0.15, 0.2) is 5.82 Å². The Labute approximate surface area is 196 Å². The molecule has 0 aliphatic carbocycles. The molecule has 34 heavy (non-hydrogen) atoms. The van der Waals surface area contributed by atoms with Crippen molar-refractivity contribution in [1.82, 2.24) is 19.7 Å². The summed E-state index contributed by atoms with van der Waals surface area (Å²) in [6.45, 7) is 6.49. The van der Waals surface area contributed by atoms with Crippen molar-refractivity contribution in [2.24, 2.45) is 7.05 Å². The average Bonchev–Trinajstić information content (AvgIpc) is 2.82. The number of amides is 1. The van der Waals surface area contributed by atoms with Crippen LogP contribution in [-0.2, 0) is 11.8 Å². The molecule has 1 saturated heterocycles. The number of carbonyl (C=O) groups is 1. The molecule has 0 radical (unpaired) electrons. The summed E-state index contributed by atoms with van der Waals surface area (Å²) in [5.41, 5.74) is 2.60. The fourth-order valence-corrected chi connectivity index (χ4v) is 4.76. The van der Waals surface area contributed by atoms with E-state index in [2.05, 4.69) is 15.5 Å². The first-order valence-electron chi connectivity index (χ1n) is 11.4. The van der Waals surface area contributed by atoms with Crippen LogP contribution in [0, 0.1) is 6.92 Å². The molecule has 1 aromatic carbocycles. The lowest BCUT2D eigenvalue weighted by Gasteiger charge is -2.31.